The lowest BCUT2D eigenvalue weighted by Crippen LogP contribution is -2.56. The van der Waals surface area contributed by atoms with Gasteiger partial charge in [-0.2, -0.15) is 18.3 Å². The Morgan fingerprint density at radius 1 is 1.11 bits per heavy atom. The molecule has 1 aromatic heterocycles. The van der Waals surface area contributed by atoms with E-state index in [-0.39, 0.29) is 56.8 Å². The van der Waals surface area contributed by atoms with Crippen molar-refractivity contribution in [1.29, 1.82) is 0 Å². The second-order valence-electron chi connectivity index (χ2n) is 8.74. The molecule has 0 unspecified atom stereocenters. The van der Waals surface area contributed by atoms with Crippen molar-refractivity contribution in [2.75, 3.05) is 14.2 Å². The van der Waals surface area contributed by atoms with Crippen LogP contribution in [-0.2, 0) is 19.6 Å². The number of methoxy groups -OCH3 is 2. The third kappa shape index (κ3) is 3.09. The smallest absolute Gasteiger partial charge is 0.417 e. The van der Waals surface area contributed by atoms with Gasteiger partial charge in [-0.05, 0) is 12.5 Å². The van der Waals surface area contributed by atoms with Crippen LogP contribution in [0.5, 0.6) is 17.2 Å². The number of halogens is 4. The molecule has 5 rings (SSSR count). The summed E-state index contributed by atoms with van der Waals surface area (Å²) in [7, 11) is 4.18. The van der Waals surface area contributed by atoms with Crippen LogP contribution >= 0.6 is 11.6 Å². The summed E-state index contributed by atoms with van der Waals surface area (Å²) in [5, 5.41) is 4.33. The number of nitrogens with zero attached hydrogens (tertiary/aromatic N) is 2. The zero-order valence-corrected chi connectivity index (χ0v) is 20.4. The summed E-state index contributed by atoms with van der Waals surface area (Å²) in [6.45, 7) is 1.65. The van der Waals surface area contributed by atoms with E-state index in [0.717, 1.165) is 6.07 Å². The van der Waals surface area contributed by atoms with E-state index in [4.69, 9.17) is 25.8 Å². The molecule has 0 fully saturated rings. The van der Waals surface area contributed by atoms with Gasteiger partial charge >= 0.3 is 6.18 Å². The number of ketones is 2. The van der Waals surface area contributed by atoms with Crippen LogP contribution in [0.15, 0.2) is 30.3 Å². The Bertz CT molecular complexity index is 1450. The lowest BCUT2D eigenvalue weighted by atomic mass is 9.70. The van der Waals surface area contributed by atoms with E-state index in [1.54, 1.807) is 6.92 Å². The maximum atomic E-state index is 14.2. The molecule has 0 N–H and O–H groups in total. The zero-order valence-electron chi connectivity index (χ0n) is 19.6. The molecule has 3 aromatic rings. The standard InChI is InChI=1S/C25H20ClF3N2O5/c1-11-9-14-17(20(31(2)30-14)12-7-5-6-8-13(12)25(27,28)29)22(32)24(11)23(33)18-15(34-3)10-16(35-4)19(26)21(18)36-24/h5-8,10-11H,9H2,1-4H3/t11-,24+/m1/s1. The van der Waals surface area contributed by atoms with E-state index in [1.807, 2.05) is 0 Å². The van der Waals surface area contributed by atoms with Crippen molar-refractivity contribution in [3.63, 3.8) is 0 Å². The maximum Gasteiger partial charge on any atom is 0.417 e. The third-order valence-corrected chi connectivity index (χ3v) is 7.14. The van der Waals surface area contributed by atoms with Gasteiger partial charge in [-0.15, -0.1) is 0 Å². The van der Waals surface area contributed by atoms with Crippen molar-refractivity contribution >= 4 is 23.2 Å². The van der Waals surface area contributed by atoms with Crippen molar-refractivity contribution in [1.82, 2.24) is 9.78 Å². The van der Waals surface area contributed by atoms with Gasteiger partial charge < -0.3 is 14.2 Å². The van der Waals surface area contributed by atoms with Crippen LogP contribution in [0, 0.1) is 5.92 Å². The predicted octanol–water partition coefficient (Wildman–Crippen LogP) is 5.17. The van der Waals surface area contributed by atoms with Crippen LogP contribution in [0.1, 0.15) is 38.9 Å². The van der Waals surface area contributed by atoms with Gasteiger partial charge in [-0.3, -0.25) is 14.3 Å². The summed E-state index contributed by atoms with van der Waals surface area (Å²) in [5.41, 5.74) is -3.06. The van der Waals surface area contributed by atoms with Crippen LogP contribution < -0.4 is 14.2 Å². The highest BCUT2D eigenvalue weighted by Gasteiger charge is 2.63. The Morgan fingerprint density at radius 3 is 2.39 bits per heavy atom. The first kappa shape index (κ1) is 24.2. The number of aromatic nitrogens is 2. The highest BCUT2D eigenvalue weighted by atomic mass is 35.5. The highest BCUT2D eigenvalue weighted by Crippen LogP contribution is 2.54. The fourth-order valence-electron chi connectivity index (χ4n) is 5.13. The molecule has 0 saturated carbocycles. The first-order valence-electron chi connectivity index (χ1n) is 10.9. The maximum absolute atomic E-state index is 14.2. The molecule has 188 valence electrons. The molecule has 1 aliphatic carbocycles. The topological polar surface area (TPSA) is 79.7 Å². The van der Waals surface area contributed by atoms with Gasteiger partial charge in [0.25, 0.3) is 0 Å². The second-order valence-corrected chi connectivity index (χ2v) is 9.12. The molecule has 1 spiro atoms. The Kier molecular flexibility index (Phi) is 5.37. The quantitative estimate of drug-likeness (QED) is 0.444. The number of carbonyl (C=O) groups excluding carboxylic acids is 2. The molecule has 2 aromatic carbocycles. The summed E-state index contributed by atoms with van der Waals surface area (Å²) in [6, 6.07) is 6.33. The van der Waals surface area contributed by atoms with Crippen LogP contribution in [0.4, 0.5) is 13.2 Å². The molecule has 2 aliphatic rings. The van der Waals surface area contributed by atoms with Gasteiger partial charge in [0.15, 0.2) is 5.75 Å². The van der Waals surface area contributed by atoms with Crippen LogP contribution in [-0.4, -0.2) is 41.2 Å². The number of hydrogen-bond acceptors (Lipinski definition) is 6. The highest BCUT2D eigenvalue weighted by molar-refractivity contribution is 6.36. The average molecular weight is 521 g/mol. The zero-order chi connectivity index (χ0) is 26.2. The Labute approximate surface area is 208 Å². The van der Waals surface area contributed by atoms with Crippen molar-refractivity contribution in [2.45, 2.75) is 25.1 Å². The average Bonchev–Trinajstić information content (AvgIpc) is 3.33. The van der Waals surface area contributed by atoms with Gasteiger partial charge in [0.1, 0.15) is 22.1 Å². The van der Waals surface area contributed by atoms with Crippen molar-refractivity contribution in [2.24, 2.45) is 13.0 Å². The van der Waals surface area contributed by atoms with Crippen LogP contribution in [0.3, 0.4) is 0 Å². The molecule has 0 radical (unpaired) electrons. The molecule has 36 heavy (non-hydrogen) atoms. The lowest BCUT2D eigenvalue weighted by Gasteiger charge is -2.35. The van der Waals surface area contributed by atoms with Gasteiger partial charge in [0, 0.05) is 24.6 Å². The van der Waals surface area contributed by atoms with Crippen molar-refractivity contribution in [3.05, 3.63) is 57.7 Å². The number of rotatable bonds is 3. The number of carbonyl (C=O) groups is 2. The molecular formula is C25H20ClF3N2O5. The van der Waals surface area contributed by atoms with E-state index in [2.05, 4.69) is 5.10 Å². The number of Topliss-reactive ketones (excluding diaryl/α,β-unsaturated/α-hetero) is 2. The van der Waals surface area contributed by atoms with Crippen molar-refractivity contribution < 1.29 is 37.0 Å². The van der Waals surface area contributed by atoms with E-state index >= 15 is 0 Å². The monoisotopic (exact) mass is 520 g/mol. The first-order valence-corrected chi connectivity index (χ1v) is 11.3. The van der Waals surface area contributed by atoms with E-state index < -0.39 is 34.8 Å². The molecule has 2 heterocycles. The normalized spacial score (nSPS) is 20.8. The summed E-state index contributed by atoms with van der Waals surface area (Å²) in [6.07, 6.45) is -4.57. The summed E-state index contributed by atoms with van der Waals surface area (Å²) in [4.78, 5) is 28.1. The van der Waals surface area contributed by atoms with E-state index in [1.165, 1.54) is 50.2 Å². The second kappa shape index (κ2) is 7.99. The predicted molar refractivity (Wildman–Crippen MR) is 123 cm³/mol. The summed E-state index contributed by atoms with van der Waals surface area (Å²) < 4.78 is 59.5. The number of fused-ring (bicyclic) bond motifs is 2. The number of benzene rings is 2. The van der Waals surface area contributed by atoms with Crippen LogP contribution in [0.25, 0.3) is 11.3 Å². The van der Waals surface area contributed by atoms with Crippen LogP contribution in [0.2, 0.25) is 5.02 Å². The summed E-state index contributed by atoms with van der Waals surface area (Å²) >= 11 is 6.44. The molecule has 11 heteroatoms. The van der Waals surface area contributed by atoms with Gasteiger partial charge in [0.05, 0.1) is 36.7 Å². The fraction of sp³-hybridized carbons (Fsp3) is 0.320. The molecular weight excluding hydrogens is 501 g/mol. The first-order chi connectivity index (χ1) is 17.0. The molecule has 0 saturated heterocycles. The van der Waals surface area contributed by atoms with E-state index in [9.17, 15) is 22.8 Å². The largest absolute Gasteiger partial charge is 0.496 e. The SMILES string of the molecule is COc1cc(OC)c2c(c1Cl)O[C@]1(C2=O)C(=O)c2c(nn(C)c2-c2ccccc2C(F)(F)F)C[C@H]1C. The number of ether oxygens (including phenoxy) is 3. The van der Waals surface area contributed by atoms with Crippen molar-refractivity contribution in [3.8, 4) is 28.5 Å². The van der Waals surface area contributed by atoms with Gasteiger partial charge in [0.2, 0.25) is 17.2 Å². The minimum Gasteiger partial charge on any atom is -0.496 e. The number of alkyl halides is 3. The Morgan fingerprint density at radius 2 is 1.75 bits per heavy atom. The number of hydrogen-bond donors (Lipinski definition) is 0. The minimum absolute atomic E-state index is 0.0156. The van der Waals surface area contributed by atoms with Gasteiger partial charge in [-0.1, -0.05) is 36.7 Å². The molecule has 1 aliphatic heterocycles. The van der Waals surface area contributed by atoms with Gasteiger partial charge in [-0.25, -0.2) is 0 Å². The molecule has 2 atom stereocenters. The fourth-order valence-corrected chi connectivity index (χ4v) is 5.39. The minimum atomic E-state index is -4.68. The van der Waals surface area contributed by atoms with E-state index in [0.29, 0.717) is 0 Å². The third-order valence-electron chi connectivity index (χ3n) is 6.78. The molecule has 0 bridgehead atoms. The Hall–Kier alpha value is -3.53. The lowest BCUT2D eigenvalue weighted by molar-refractivity contribution is -0.137. The molecule has 0 amide bonds. The molecule has 7 nitrogen and oxygen atoms in total. The Balaban J connectivity index is 1.74. The number of aryl methyl sites for hydroxylation is 1. The summed E-state index contributed by atoms with van der Waals surface area (Å²) in [5.74, 6) is -1.95.